The van der Waals surface area contributed by atoms with Crippen molar-refractivity contribution in [3.05, 3.63) is 35.4 Å². The molecule has 1 amide bonds. The number of benzene rings is 1. The van der Waals surface area contributed by atoms with Gasteiger partial charge in [0.25, 0.3) is 5.91 Å². The minimum absolute atomic E-state index is 0.0152. The summed E-state index contributed by atoms with van der Waals surface area (Å²) < 4.78 is 5.01. The molecule has 1 aromatic rings. The Morgan fingerprint density at radius 1 is 1.56 bits per heavy atom. The number of hydrogen-bond donors (Lipinski definition) is 2. The number of hydrogen-bond acceptors (Lipinski definition) is 3. The van der Waals surface area contributed by atoms with Gasteiger partial charge in [0, 0.05) is 25.3 Å². The number of carbonyl (C=O) groups is 1. The molecule has 16 heavy (non-hydrogen) atoms. The SMILES string of the molecule is COCc1cccc(C(=O)N[C@@H](C)CN)c1. The summed E-state index contributed by atoms with van der Waals surface area (Å²) in [7, 11) is 1.63. The number of carbonyl (C=O) groups excluding carboxylic acids is 1. The van der Waals surface area contributed by atoms with Gasteiger partial charge in [-0.15, -0.1) is 0 Å². The molecule has 0 aliphatic carbocycles. The Bertz CT molecular complexity index is 353. The van der Waals surface area contributed by atoms with E-state index in [2.05, 4.69) is 5.32 Å². The summed E-state index contributed by atoms with van der Waals surface area (Å²) in [6, 6.07) is 7.35. The topological polar surface area (TPSA) is 64.3 Å². The summed E-state index contributed by atoms with van der Waals surface area (Å²) in [5, 5.41) is 2.81. The smallest absolute Gasteiger partial charge is 0.251 e. The molecule has 4 heteroatoms. The second-order valence-corrected chi connectivity index (χ2v) is 3.74. The zero-order chi connectivity index (χ0) is 12.0. The van der Waals surface area contributed by atoms with Gasteiger partial charge in [0.2, 0.25) is 0 Å². The van der Waals surface area contributed by atoms with E-state index in [0.717, 1.165) is 5.56 Å². The van der Waals surface area contributed by atoms with Gasteiger partial charge < -0.3 is 15.8 Å². The molecule has 0 bridgehead atoms. The third kappa shape index (κ3) is 3.64. The number of methoxy groups -OCH3 is 1. The van der Waals surface area contributed by atoms with Crippen molar-refractivity contribution in [1.29, 1.82) is 0 Å². The molecular weight excluding hydrogens is 204 g/mol. The van der Waals surface area contributed by atoms with Crippen molar-refractivity contribution in [2.24, 2.45) is 5.73 Å². The lowest BCUT2D eigenvalue weighted by Crippen LogP contribution is -2.37. The van der Waals surface area contributed by atoms with Crippen LogP contribution in [-0.4, -0.2) is 25.6 Å². The number of rotatable bonds is 5. The van der Waals surface area contributed by atoms with Crippen molar-refractivity contribution in [2.75, 3.05) is 13.7 Å². The molecule has 0 fully saturated rings. The van der Waals surface area contributed by atoms with Crippen molar-refractivity contribution in [3.63, 3.8) is 0 Å². The Morgan fingerprint density at radius 3 is 2.94 bits per heavy atom. The van der Waals surface area contributed by atoms with Crippen LogP contribution in [0.3, 0.4) is 0 Å². The number of nitrogens with two attached hydrogens (primary N) is 1. The predicted octanol–water partition coefficient (Wildman–Crippen LogP) is 0.910. The van der Waals surface area contributed by atoms with Crippen LogP contribution in [0.2, 0.25) is 0 Å². The Labute approximate surface area is 95.8 Å². The van der Waals surface area contributed by atoms with Gasteiger partial charge in [0.05, 0.1) is 6.61 Å². The zero-order valence-corrected chi connectivity index (χ0v) is 9.69. The summed E-state index contributed by atoms with van der Waals surface area (Å²) in [6.07, 6.45) is 0. The van der Waals surface area contributed by atoms with Crippen molar-refractivity contribution in [1.82, 2.24) is 5.32 Å². The van der Waals surface area contributed by atoms with Crippen LogP contribution in [0.1, 0.15) is 22.8 Å². The van der Waals surface area contributed by atoms with Crippen LogP contribution in [0.5, 0.6) is 0 Å². The van der Waals surface area contributed by atoms with E-state index in [1.165, 1.54) is 0 Å². The highest BCUT2D eigenvalue weighted by molar-refractivity contribution is 5.94. The third-order valence-electron chi connectivity index (χ3n) is 2.23. The first-order valence-corrected chi connectivity index (χ1v) is 5.26. The Kier molecular flexibility index (Phi) is 4.95. The summed E-state index contributed by atoms with van der Waals surface area (Å²) in [4.78, 5) is 11.8. The Hall–Kier alpha value is -1.39. The fourth-order valence-electron chi connectivity index (χ4n) is 1.34. The van der Waals surface area contributed by atoms with Crippen LogP contribution in [-0.2, 0) is 11.3 Å². The molecule has 1 atom stereocenters. The van der Waals surface area contributed by atoms with E-state index in [1.54, 1.807) is 13.2 Å². The maximum absolute atomic E-state index is 11.8. The van der Waals surface area contributed by atoms with Gasteiger partial charge in [-0.25, -0.2) is 0 Å². The summed E-state index contributed by atoms with van der Waals surface area (Å²) >= 11 is 0. The van der Waals surface area contributed by atoms with Crippen LogP contribution in [0, 0.1) is 0 Å². The first kappa shape index (κ1) is 12.7. The average molecular weight is 222 g/mol. The fourth-order valence-corrected chi connectivity index (χ4v) is 1.34. The van der Waals surface area contributed by atoms with Gasteiger partial charge in [-0.2, -0.15) is 0 Å². The molecule has 1 rings (SSSR count). The number of ether oxygens (including phenoxy) is 1. The quantitative estimate of drug-likeness (QED) is 0.778. The lowest BCUT2D eigenvalue weighted by molar-refractivity contribution is 0.0941. The van der Waals surface area contributed by atoms with Crippen LogP contribution < -0.4 is 11.1 Å². The van der Waals surface area contributed by atoms with Gasteiger partial charge >= 0.3 is 0 Å². The van der Waals surface area contributed by atoms with Crippen molar-refractivity contribution in [3.8, 4) is 0 Å². The zero-order valence-electron chi connectivity index (χ0n) is 9.69. The Morgan fingerprint density at radius 2 is 2.31 bits per heavy atom. The van der Waals surface area contributed by atoms with Crippen LogP contribution in [0.15, 0.2) is 24.3 Å². The van der Waals surface area contributed by atoms with E-state index >= 15 is 0 Å². The van der Waals surface area contributed by atoms with E-state index in [4.69, 9.17) is 10.5 Å². The van der Waals surface area contributed by atoms with Crippen molar-refractivity contribution >= 4 is 5.91 Å². The van der Waals surface area contributed by atoms with Gasteiger partial charge in [0.15, 0.2) is 0 Å². The molecule has 0 heterocycles. The molecule has 1 aromatic carbocycles. The van der Waals surface area contributed by atoms with Crippen LogP contribution in [0.4, 0.5) is 0 Å². The minimum atomic E-state index is -0.101. The molecule has 0 spiro atoms. The monoisotopic (exact) mass is 222 g/mol. The largest absolute Gasteiger partial charge is 0.380 e. The lowest BCUT2D eigenvalue weighted by atomic mass is 10.1. The molecule has 88 valence electrons. The summed E-state index contributed by atoms with van der Waals surface area (Å²) in [6.45, 7) is 2.81. The second kappa shape index (κ2) is 6.25. The number of nitrogens with one attached hydrogen (secondary N) is 1. The third-order valence-corrected chi connectivity index (χ3v) is 2.23. The lowest BCUT2D eigenvalue weighted by Gasteiger charge is -2.11. The summed E-state index contributed by atoms with van der Waals surface area (Å²) in [5.74, 6) is -0.101. The highest BCUT2D eigenvalue weighted by Gasteiger charge is 2.08. The van der Waals surface area contributed by atoms with Crippen LogP contribution >= 0.6 is 0 Å². The summed E-state index contributed by atoms with van der Waals surface area (Å²) in [5.41, 5.74) is 7.06. The highest BCUT2D eigenvalue weighted by Crippen LogP contribution is 2.06. The van der Waals surface area contributed by atoms with Gasteiger partial charge in [-0.3, -0.25) is 4.79 Å². The van der Waals surface area contributed by atoms with E-state index in [9.17, 15) is 4.79 Å². The standard InChI is InChI=1S/C12H18N2O2/c1-9(7-13)14-12(15)11-5-3-4-10(6-11)8-16-2/h3-6,9H,7-8,13H2,1-2H3,(H,14,15)/t9-/m0/s1. The molecule has 0 aliphatic rings. The molecule has 0 saturated heterocycles. The van der Waals surface area contributed by atoms with Crippen molar-refractivity contribution < 1.29 is 9.53 Å². The predicted molar refractivity (Wildman–Crippen MR) is 63.1 cm³/mol. The van der Waals surface area contributed by atoms with Crippen LogP contribution in [0.25, 0.3) is 0 Å². The van der Waals surface area contributed by atoms with Gasteiger partial charge in [-0.05, 0) is 24.6 Å². The van der Waals surface area contributed by atoms with E-state index in [1.807, 2.05) is 25.1 Å². The average Bonchev–Trinajstić information content (AvgIpc) is 2.29. The second-order valence-electron chi connectivity index (χ2n) is 3.74. The molecule has 0 radical (unpaired) electrons. The maximum atomic E-state index is 11.8. The molecule has 0 aromatic heterocycles. The van der Waals surface area contributed by atoms with Gasteiger partial charge in [-0.1, -0.05) is 12.1 Å². The first-order chi connectivity index (χ1) is 7.67. The first-order valence-electron chi connectivity index (χ1n) is 5.26. The van der Waals surface area contributed by atoms with E-state index < -0.39 is 0 Å². The molecule has 0 unspecified atom stereocenters. The maximum Gasteiger partial charge on any atom is 0.251 e. The fraction of sp³-hybridized carbons (Fsp3) is 0.417. The molecule has 3 N–H and O–H groups in total. The normalized spacial score (nSPS) is 12.2. The van der Waals surface area contributed by atoms with Gasteiger partial charge in [0.1, 0.15) is 0 Å². The molecular formula is C12H18N2O2. The van der Waals surface area contributed by atoms with E-state index in [0.29, 0.717) is 18.7 Å². The van der Waals surface area contributed by atoms with Crippen molar-refractivity contribution in [2.45, 2.75) is 19.6 Å². The molecule has 4 nitrogen and oxygen atoms in total. The Balaban J connectivity index is 2.71. The minimum Gasteiger partial charge on any atom is -0.380 e. The highest BCUT2D eigenvalue weighted by atomic mass is 16.5. The molecule has 0 saturated carbocycles. The number of amides is 1. The van der Waals surface area contributed by atoms with E-state index in [-0.39, 0.29) is 11.9 Å². The molecule has 0 aliphatic heterocycles.